The predicted octanol–water partition coefficient (Wildman–Crippen LogP) is 2.55. The fourth-order valence-corrected chi connectivity index (χ4v) is 2.90. The van der Waals surface area contributed by atoms with E-state index in [1.54, 1.807) is 7.11 Å². The molecule has 1 atom stereocenters. The quantitative estimate of drug-likeness (QED) is 0.885. The molecule has 4 nitrogen and oxygen atoms in total. The number of hydrogen-bond acceptors (Lipinski definition) is 4. The van der Waals surface area contributed by atoms with E-state index in [-0.39, 0.29) is 12.0 Å². The zero-order valence-corrected chi connectivity index (χ0v) is 12.8. The van der Waals surface area contributed by atoms with E-state index >= 15 is 0 Å². The molecule has 0 saturated heterocycles. The summed E-state index contributed by atoms with van der Waals surface area (Å²) < 4.78 is 10.1. The maximum atomic E-state index is 11.8. The Labute approximate surface area is 130 Å². The van der Waals surface area contributed by atoms with E-state index < -0.39 is 0 Å². The van der Waals surface area contributed by atoms with Gasteiger partial charge in [0.05, 0.1) is 14.2 Å². The summed E-state index contributed by atoms with van der Waals surface area (Å²) in [4.78, 5) is 11.8. The Morgan fingerprint density at radius 3 is 2.59 bits per heavy atom. The average molecular weight is 297 g/mol. The van der Waals surface area contributed by atoms with Crippen LogP contribution in [0.15, 0.2) is 42.5 Å². The van der Waals surface area contributed by atoms with Crippen molar-refractivity contribution in [3.63, 3.8) is 0 Å². The monoisotopic (exact) mass is 297 g/mol. The molecule has 0 radical (unpaired) electrons. The molecule has 1 unspecified atom stereocenters. The Morgan fingerprint density at radius 2 is 1.91 bits per heavy atom. The van der Waals surface area contributed by atoms with Crippen LogP contribution in [0.1, 0.15) is 11.1 Å². The molecule has 0 amide bonds. The lowest BCUT2D eigenvalue weighted by Crippen LogP contribution is -2.42. The van der Waals surface area contributed by atoms with Gasteiger partial charge in [-0.1, -0.05) is 30.3 Å². The normalized spacial score (nSPS) is 16.7. The molecule has 2 aromatic carbocycles. The molecule has 4 heteroatoms. The molecule has 0 bridgehead atoms. The van der Waals surface area contributed by atoms with Gasteiger partial charge in [-0.05, 0) is 40.8 Å². The molecule has 0 fully saturated rings. The highest BCUT2D eigenvalue weighted by molar-refractivity contribution is 5.78. The van der Waals surface area contributed by atoms with Gasteiger partial charge in [0, 0.05) is 6.54 Å². The molecule has 1 heterocycles. The summed E-state index contributed by atoms with van der Waals surface area (Å²) in [6.45, 7) is 0.680. The fraction of sp³-hybridized carbons (Fsp3) is 0.278. The molecular weight excluding hydrogens is 278 g/mol. The summed E-state index contributed by atoms with van der Waals surface area (Å²) in [5.74, 6) is 0.623. The Morgan fingerprint density at radius 1 is 1.14 bits per heavy atom. The standard InChI is InChI=1S/C18H19NO3/c1-21-14-8-6-12(7-9-14)15-5-3-4-13-11-19-17(10-16(13)15)18(20)22-2/h3-9,17,19H,10-11H2,1-2H3. The molecule has 22 heavy (non-hydrogen) atoms. The summed E-state index contributed by atoms with van der Waals surface area (Å²) in [5.41, 5.74) is 4.73. The van der Waals surface area contributed by atoms with E-state index in [0.29, 0.717) is 13.0 Å². The van der Waals surface area contributed by atoms with Gasteiger partial charge >= 0.3 is 5.97 Å². The number of carbonyl (C=O) groups is 1. The van der Waals surface area contributed by atoms with Crippen LogP contribution in [-0.4, -0.2) is 26.2 Å². The van der Waals surface area contributed by atoms with E-state index in [9.17, 15) is 4.79 Å². The average Bonchev–Trinajstić information content (AvgIpc) is 2.60. The van der Waals surface area contributed by atoms with Gasteiger partial charge in [-0.2, -0.15) is 0 Å². The van der Waals surface area contributed by atoms with Crippen molar-refractivity contribution in [3.8, 4) is 16.9 Å². The third kappa shape index (κ3) is 2.70. The first-order chi connectivity index (χ1) is 10.7. The fourth-order valence-electron chi connectivity index (χ4n) is 2.90. The van der Waals surface area contributed by atoms with Gasteiger partial charge in [-0.3, -0.25) is 4.79 Å². The number of hydrogen-bond donors (Lipinski definition) is 1. The molecule has 0 spiro atoms. The van der Waals surface area contributed by atoms with Crippen molar-refractivity contribution in [1.29, 1.82) is 0 Å². The van der Waals surface area contributed by atoms with Crippen molar-refractivity contribution in [2.45, 2.75) is 19.0 Å². The zero-order valence-electron chi connectivity index (χ0n) is 12.8. The van der Waals surface area contributed by atoms with E-state index in [1.165, 1.54) is 18.2 Å². The summed E-state index contributed by atoms with van der Waals surface area (Å²) in [5, 5.41) is 3.23. The highest BCUT2D eigenvalue weighted by atomic mass is 16.5. The lowest BCUT2D eigenvalue weighted by atomic mass is 9.88. The molecule has 3 rings (SSSR count). The van der Waals surface area contributed by atoms with Crippen molar-refractivity contribution < 1.29 is 14.3 Å². The lowest BCUT2D eigenvalue weighted by Gasteiger charge is -2.26. The molecule has 114 valence electrons. The molecule has 0 saturated carbocycles. The van der Waals surface area contributed by atoms with Gasteiger partial charge in [0.15, 0.2) is 0 Å². The molecule has 1 aliphatic rings. The number of carbonyl (C=O) groups excluding carboxylic acids is 1. The largest absolute Gasteiger partial charge is 0.497 e. The van der Waals surface area contributed by atoms with E-state index in [4.69, 9.17) is 9.47 Å². The van der Waals surface area contributed by atoms with E-state index in [2.05, 4.69) is 23.5 Å². The Hall–Kier alpha value is -2.33. The number of ether oxygens (including phenoxy) is 2. The van der Waals surface area contributed by atoms with Gasteiger partial charge < -0.3 is 14.8 Å². The Bertz CT molecular complexity index is 679. The van der Waals surface area contributed by atoms with Crippen LogP contribution in [0.3, 0.4) is 0 Å². The van der Waals surface area contributed by atoms with Crippen LogP contribution in [-0.2, 0) is 22.5 Å². The maximum absolute atomic E-state index is 11.8. The lowest BCUT2D eigenvalue weighted by molar-refractivity contribution is -0.143. The minimum atomic E-state index is -0.281. The third-order valence-electron chi connectivity index (χ3n) is 4.11. The number of methoxy groups -OCH3 is 2. The van der Waals surface area contributed by atoms with Crippen LogP contribution in [0.25, 0.3) is 11.1 Å². The third-order valence-corrected chi connectivity index (χ3v) is 4.11. The van der Waals surface area contributed by atoms with Gasteiger partial charge in [0.25, 0.3) is 0 Å². The van der Waals surface area contributed by atoms with Crippen LogP contribution in [0.2, 0.25) is 0 Å². The van der Waals surface area contributed by atoms with Crippen LogP contribution in [0.5, 0.6) is 5.75 Å². The highest BCUT2D eigenvalue weighted by Gasteiger charge is 2.26. The Balaban J connectivity index is 1.98. The van der Waals surface area contributed by atoms with Crippen LogP contribution in [0.4, 0.5) is 0 Å². The number of fused-ring (bicyclic) bond motifs is 1. The minimum absolute atomic E-state index is 0.213. The van der Waals surface area contributed by atoms with E-state index in [0.717, 1.165) is 16.9 Å². The van der Waals surface area contributed by atoms with Gasteiger partial charge in [-0.25, -0.2) is 0 Å². The number of rotatable bonds is 3. The number of esters is 1. The minimum Gasteiger partial charge on any atom is -0.497 e. The predicted molar refractivity (Wildman–Crippen MR) is 84.8 cm³/mol. The molecule has 2 aromatic rings. The van der Waals surface area contributed by atoms with Gasteiger partial charge in [0.1, 0.15) is 11.8 Å². The summed E-state index contributed by atoms with van der Waals surface area (Å²) in [6.07, 6.45) is 0.643. The molecule has 1 N–H and O–H groups in total. The molecular formula is C18H19NO3. The first-order valence-corrected chi connectivity index (χ1v) is 7.29. The van der Waals surface area contributed by atoms with Crippen LogP contribution < -0.4 is 10.1 Å². The second-order valence-corrected chi connectivity index (χ2v) is 5.33. The van der Waals surface area contributed by atoms with Crippen molar-refractivity contribution in [2.75, 3.05) is 14.2 Å². The van der Waals surface area contributed by atoms with Crippen LogP contribution >= 0.6 is 0 Å². The first-order valence-electron chi connectivity index (χ1n) is 7.29. The maximum Gasteiger partial charge on any atom is 0.323 e. The first kappa shape index (κ1) is 14.6. The summed E-state index contributed by atoms with van der Waals surface area (Å²) in [6, 6.07) is 14.0. The van der Waals surface area contributed by atoms with Crippen molar-refractivity contribution in [2.24, 2.45) is 0 Å². The topological polar surface area (TPSA) is 47.6 Å². The van der Waals surface area contributed by atoms with Crippen molar-refractivity contribution >= 4 is 5.97 Å². The molecule has 0 aliphatic carbocycles. The second kappa shape index (κ2) is 6.20. The molecule has 0 aromatic heterocycles. The molecule has 1 aliphatic heterocycles. The number of benzene rings is 2. The Kier molecular flexibility index (Phi) is 4.11. The van der Waals surface area contributed by atoms with Gasteiger partial charge in [-0.15, -0.1) is 0 Å². The zero-order chi connectivity index (χ0) is 15.5. The van der Waals surface area contributed by atoms with E-state index in [1.807, 2.05) is 24.3 Å². The number of nitrogens with one attached hydrogen (secondary N) is 1. The van der Waals surface area contributed by atoms with Gasteiger partial charge in [0.2, 0.25) is 0 Å². The highest BCUT2D eigenvalue weighted by Crippen LogP contribution is 2.30. The summed E-state index contributed by atoms with van der Waals surface area (Å²) >= 11 is 0. The van der Waals surface area contributed by atoms with Crippen molar-refractivity contribution in [1.82, 2.24) is 5.32 Å². The smallest absolute Gasteiger partial charge is 0.323 e. The second-order valence-electron chi connectivity index (χ2n) is 5.33. The van der Waals surface area contributed by atoms with Crippen LogP contribution in [0, 0.1) is 0 Å². The van der Waals surface area contributed by atoms with Crippen molar-refractivity contribution in [3.05, 3.63) is 53.6 Å². The summed E-state index contributed by atoms with van der Waals surface area (Å²) in [7, 11) is 3.08. The SMILES string of the molecule is COC(=O)C1Cc2c(cccc2-c2ccc(OC)cc2)CN1.